The van der Waals surface area contributed by atoms with Crippen LogP contribution in [0.15, 0.2) is 30.3 Å². The lowest BCUT2D eigenvalue weighted by molar-refractivity contribution is 0.612. The minimum atomic E-state index is -3.49. The Morgan fingerprint density at radius 2 is 2.20 bits per heavy atom. The van der Waals surface area contributed by atoms with Crippen LogP contribution in [-0.2, 0) is 9.05 Å². The van der Waals surface area contributed by atoms with Gasteiger partial charge in [0.1, 0.15) is 0 Å². The van der Waals surface area contributed by atoms with E-state index < -0.39 is 9.05 Å². The Bertz CT molecular complexity index is 514. The minimum absolute atomic E-state index is 0.217. The largest absolute Gasteiger partial charge is 0.236 e. The highest BCUT2D eigenvalue weighted by atomic mass is 35.7. The van der Waals surface area contributed by atoms with Gasteiger partial charge in [-0.25, -0.2) is 8.42 Å². The summed E-state index contributed by atoms with van der Waals surface area (Å²) in [6.45, 7) is 0. The number of nitrogens with zero attached hydrogens (tertiary/aromatic N) is 1. The molecule has 0 atom stereocenters. The Balaban J connectivity index is 2.78. The summed E-state index contributed by atoms with van der Waals surface area (Å²) in [5, 5.41) is 8.63. The van der Waals surface area contributed by atoms with Crippen molar-refractivity contribution < 1.29 is 8.42 Å². The third-order valence-electron chi connectivity index (χ3n) is 1.62. The molecule has 0 N–H and O–H groups in total. The highest BCUT2D eigenvalue weighted by molar-refractivity contribution is 8.13. The molecule has 5 heteroatoms. The average Bonchev–Trinajstić information content (AvgIpc) is 2.16. The first-order valence-electron chi connectivity index (χ1n) is 4.10. The second-order valence-electron chi connectivity index (χ2n) is 2.85. The molecule has 0 bridgehead atoms. The van der Waals surface area contributed by atoms with E-state index in [-0.39, 0.29) is 5.75 Å². The molecule has 0 aliphatic carbocycles. The molecule has 15 heavy (non-hydrogen) atoms. The Kier molecular flexibility index (Phi) is 3.89. The Hall–Kier alpha value is -1.31. The normalized spacial score (nSPS) is 11.5. The van der Waals surface area contributed by atoms with Crippen LogP contribution in [0.4, 0.5) is 0 Å². The monoisotopic (exact) mass is 241 g/mol. The Morgan fingerprint density at radius 3 is 2.80 bits per heavy atom. The Morgan fingerprint density at radius 1 is 1.47 bits per heavy atom. The topological polar surface area (TPSA) is 57.9 Å². The first-order valence-corrected chi connectivity index (χ1v) is 6.58. The summed E-state index contributed by atoms with van der Waals surface area (Å²) in [6.07, 6.45) is 3.06. The average molecular weight is 242 g/mol. The van der Waals surface area contributed by atoms with E-state index in [0.717, 1.165) is 5.56 Å². The number of halogens is 1. The highest BCUT2D eigenvalue weighted by Gasteiger charge is 1.99. The van der Waals surface area contributed by atoms with E-state index in [9.17, 15) is 8.42 Å². The fourth-order valence-corrected chi connectivity index (χ4v) is 1.56. The molecule has 78 valence electrons. The quantitative estimate of drug-likeness (QED) is 0.762. The molecule has 0 saturated heterocycles. The van der Waals surface area contributed by atoms with E-state index in [2.05, 4.69) is 0 Å². The van der Waals surface area contributed by atoms with Gasteiger partial charge in [0.15, 0.2) is 0 Å². The maximum Gasteiger partial charge on any atom is 0.236 e. The zero-order valence-corrected chi connectivity index (χ0v) is 9.29. The van der Waals surface area contributed by atoms with E-state index in [1.807, 2.05) is 6.07 Å². The van der Waals surface area contributed by atoms with Crippen molar-refractivity contribution >= 4 is 25.8 Å². The maximum absolute atomic E-state index is 10.6. The van der Waals surface area contributed by atoms with Gasteiger partial charge in [0.25, 0.3) is 0 Å². The third kappa shape index (κ3) is 4.63. The molecular formula is C10H8ClNO2S. The van der Waals surface area contributed by atoms with Gasteiger partial charge in [-0.3, -0.25) is 0 Å². The molecule has 0 radical (unpaired) electrons. The van der Waals surface area contributed by atoms with Gasteiger partial charge in [0, 0.05) is 10.7 Å². The van der Waals surface area contributed by atoms with Gasteiger partial charge in [-0.2, -0.15) is 5.26 Å². The van der Waals surface area contributed by atoms with E-state index in [1.165, 1.54) is 6.08 Å². The lowest BCUT2D eigenvalue weighted by atomic mass is 10.1. The summed E-state index contributed by atoms with van der Waals surface area (Å²) in [4.78, 5) is 0. The molecule has 1 aromatic carbocycles. The van der Waals surface area contributed by atoms with Crippen LogP contribution in [0, 0.1) is 11.3 Å². The summed E-state index contributed by atoms with van der Waals surface area (Å²) in [7, 11) is 1.54. The van der Waals surface area contributed by atoms with Crippen molar-refractivity contribution in [2.75, 3.05) is 5.75 Å². The second-order valence-corrected chi connectivity index (χ2v) is 5.67. The van der Waals surface area contributed by atoms with E-state index in [0.29, 0.717) is 5.56 Å². The lowest BCUT2D eigenvalue weighted by Crippen LogP contribution is -1.91. The van der Waals surface area contributed by atoms with Crippen molar-refractivity contribution in [3.05, 3.63) is 41.5 Å². The third-order valence-corrected chi connectivity index (χ3v) is 2.59. The maximum atomic E-state index is 10.6. The summed E-state index contributed by atoms with van der Waals surface area (Å²) in [6, 6.07) is 8.84. The van der Waals surface area contributed by atoms with Crippen molar-refractivity contribution in [1.82, 2.24) is 0 Å². The van der Waals surface area contributed by atoms with Crippen LogP contribution < -0.4 is 0 Å². The van der Waals surface area contributed by atoms with Crippen LogP contribution in [0.3, 0.4) is 0 Å². The Labute approximate surface area is 93.0 Å². The van der Waals surface area contributed by atoms with Crippen LogP contribution in [0.25, 0.3) is 6.08 Å². The molecule has 1 aromatic rings. The van der Waals surface area contributed by atoms with Gasteiger partial charge in [-0.15, -0.1) is 0 Å². The van der Waals surface area contributed by atoms with Crippen molar-refractivity contribution in [3.8, 4) is 6.07 Å². The van der Waals surface area contributed by atoms with E-state index in [4.69, 9.17) is 15.9 Å². The molecule has 0 spiro atoms. The molecule has 0 fully saturated rings. The fourth-order valence-electron chi connectivity index (χ4n) is 1.01. The zero-order chi connectivity index (χ0) is 11.3. The molecule has 0 heterocycles. The summed E-state index contributed by atoms with van der Waals surface area (Å²) < 4.78 is 21.2. The van der Waals surface area contributed by atoms with Gasteiger partial charge in [-0.05, 0) is 17.7 Å². The number of benzene rings is 1. The predicted octanol–water partition coefficient (Wildman–Crippen LogP) is 2.14. The number of rotatable bonds is 3. The van der Waals surface area contributed by atoms with Gasteiger partial charge < -0.3 is 0 Å². The van der Waals surface area contributed by atoms with Gasteiger partial charge in [0.2, 0.25) is 9.05 Å². The summed E-state index contributed by atoms with van der Waals surface area (Å²) in [5.74, 6) is -0.217. The molecule has 0 aromatic heterocycles. The summed E-state index contributed by atoms with van der Waals surface area (Å²) >= 11 is 0. The lowest BCUT2D eigenvalue weighted by Gasteiger charge is -1.93. The zero-order valence-electron chi connectivity index (χ0n) is 7.72. The van der Waals surface area contributed by atoms with Crippen LogP contribution in [0.5, 0.6) is 0 Å². The van der Waals surface area contributed by atoms with Gasteiger partial charge in [-0.1, -0.05) is 24.3 Å². The molecule has 0 unspecified atom stereocenters. The van der Waals surface area contributed by atoms with Crippen LogP contribution in [0.2, 0.25) is 0 Å². The van der Waals surface area contributed by atoms with E-state index >= 15 is 0 Å². The van der Waals surface area contributed by atoms with Gasteiger partial charge >= 0.3 is 0 Å². The fraction of sp³-hybridized carbons (Fsp3) is 0.100. The molecule has 0 amide bonds. The number of nitriles is 1. The molecular weight excluding hydrogens is 234 g/mol. The van der Waals surface area contributed by atoms with Crippen molar-refractivity contribution in [2.24, 2.45) is 0 Å². The van der Waals surface area contributed by atoms with Crippen LogP contribution >= 0.6 is 10.7 Å². The van der Waals surface area contributed by atoms with Gasteiger partial charge in [0.05, 0.1) is 17.4 Å². The predicted molar refractivity (Wildman–Crippen MR) is 59.8 cm³/mol. The van der Waals surface area contributed by atoms with Crippen molar-refractivity contribution in [3.63, 3.8) is 0 Å². The van der Waals surface area contributed by atoms with Crippen molar-refractivity contribution in [2.45, 2.75) is 0 Å². The number of hydrogen-bond donors (Lipinski definition) is 0. The molecule has 0 aliphatic heterocycles. The minimum Gasteiger partial charge on any atom is -0.212 e. The first-order chi connectivity index (χ1) is 7.01. The standard InChI is InChI=1S/C10H8ClNO2S/c11-15(13,14)6-2-5-9-3-1-4-10(7-9)8-12/h1-5,7H,6H2. The SMILES string of the molecule is N#Cc1cccc(C=CCS(=O)(=O)Cl)c1. The van der Waals surface area contributed by atoms with Crippen molar-refractivity contribution in [1.29, 1.82) is 5.26 Å². The first kappa shape index (κ1) is 11.8. The summed E-state index contributed by atoms with van der Waals surface area (Å²) in [5.41, 5.74) is 1.31. The molecule has 1 rings (SSSR count). The van der Waals surface area contributed by atoms with Crippen LogP contribution in [-0.4, -0.2) is 14.2 Å². The van der Waals surface area contributed by atoms with E-state index in [1.54, 1.807) is 30.3 Å². The molecule has 0 saturated carbocycles. The number of hydrogen-bond acceptors (Lipinski definition) is 3. The highest BCUT2D eigenvalue weighted by Crippen LogP contribution is 2.07. The molecule has 3 nitrogen and oxygen atoms in total. The second kappa shape index (κ2) is 4.96. The molecule has 0 aliphatic rings. The smallest absolute Gasteiger partial charge is 0.212 e. The van der Waals surface area contributed by atoms with Crippen LogP contribution in [0.1, 0.15) is 11.1 Å².